The number of H-pyrrole nitrogens is 1. The zero-order valence-electron chi connectivity index (χ0n) is 16.7. The van der Waals surface area contributed by atoms with E-state index in [1.54, 1.807) is 18.2 Å². The van der Waals surface area contributed by atoms with Gasteiger partial charge in [-0.1, -0.05) is 24.3 Å². The molecule has 1 amide bonds. The van der Waals surface area contributed by atoms with Crippen molar-refractivity contribution in [3.8, 4) is 5.75 Å². The molecule has 0 bridgehead atoms. The zero-order valence-corrected chi connectivity index (χ0v) is 17.4. The van der Waals surface area contributed by atoms with E-state index in [0.29, 0.717) is 23.3 Å². The van der Waals surface area contributed by atoms with Crippen molar-refractivity contribution in [1.29, 1.82) is 0 Å². The molecule has 0 saturated heterocycles. The number of benzene rings is 2. The molecule has 6 nitrogen and oxygen atoms in total. The SMILES string of the molecule is CCOc1ccc2[nH]cc(C(=O)N(Cl)Cc3ccc(C(C)NC)cc3)c(=O)c2c1. The highest BCUT2D eigenvalue weighted by Crippen LogP contribution is 2.19. The third-order valence-electron chi connectivity index (χ3n) is 4.85. The maximum absolute atomic E-state index is 12.8. The molecular formula is C22H24ClN3O3. The molecule has 1 unspecified atom stereocenters. The van der Waals surface area contributed by atoms with Gasteiger partial charge in [0.1, 0.15) is 11.3 Å². The van der Waals surface area contributed by atoms with Gasteiger partial charge >= 0.3 is 0 Å². The molecule has 3 rings (SSSR count). The van der Waals surface area contributed by atoms with E-state index in [0.717, 1.165) is 15.5 Å². The molecule has 152 valence electrons. The summed E-state index contributed by atoms with van der Waals surface area (Å²) in [6.45, 7) is 4.61. The van der Waals surface area contributed by atoms with Gasteiger partial charge in [-0.15, -0.1) is 0 Å². The molecule has 7 heteroatoms. The number of pyridine rings is 1. The van der Waals surface area contributed by atoms with E-state index in [9.17, 15) is 9.59 Å². The number of carbonyl (C=O) groups is 1. The van der Waals surface area contributed by atoms with Gasteiger partial charge in [0.25, 0.3) is 5.91 Å². The monoisotopic (exact) mass is 413 g/mol. The maximum atomic E-state index is 12.8. The highest BCUT2D eigenvalue weighted by molar-refractivity contribution is 6.24. The number of aromatic amines is 1. The van der Waals surface area contributed by atoms with Crippen LogP contribution in [0.1, 0.15) is 41.4 Å². The summed E-state index contributed by atoms with van der Waals surface area (Å²) in [5, 5.41) is 3.56. The number of amides is 1. The first kappa shape index (κ1) is 20.9. The van der Waals surface area contributed by atoms with Crippen molar-refractivity contribution in [3.63, 3.8) is 0 Å². The molecule has 0 aliphatic heterocycles. The number of hydrogen-bond donors (Lipinski definition) is 2. The largest absolute Gasteiger partial charge is 0.494 e. The van der Waals surface area contributed by atoms with Gasteiger partial charge in [-0.3, -0.25) is 9.59 Å². The number of hydrogen-bond acceptors (Lipinski definition) is 4. The average molecular weight is 414 g/mol. The Bertz CT molecular complexity index is 1060. The quantitative estimate of drug-likeness (QED) is 0.574. The van der Waals surface area contributed by atoms with Gasteiger partial charge in [-0.2, -0.15) is 0 Å². The number of carbonyl (C=O) groups excluding carboxylic acids is 1. The number of ether oxygens (including phenoxy) is 1. The van der Waals surface area contributed by atoms with Gasteiger partial charge in [0.05, 0.1) is 13.2 Å². The van der Waals surface area contributed by atoms with E-state index in [1.165, 1.54) is 6.20 Å². The predicted octanol–water partition coefficient (Wildman–Crippen LogP) is 4.00. The average Bonchev–Trinajstić information content (AvgIpc) is 2.74. The van der Waals surface area contributed by atoms with Crippen molar-refractivity contribution >= 4 is 28.6 Å². The minimum atomic E-state index is -0.552. The molecule has 1 aromatic heterocycles. The minimum Gasteiger partial charge on any atom is -0.494 e. The number of fused-ring (bicyclic) bond motifs is 1. The van der Waals surface area contributed by atoms with Crippen molar-refractivity contribution in [2.45, 2.75) is 26.4 Å². The van der Waals surface area contributed by atoms with Crippen molar-refractivity contribution in [2.24, 2.45) is 0 Å². The fourth-order valence-corrected chi connectivity index (χ4v) is 3.28. The van der Waals surface area contributed by atoms with Crippen LogP contribution in [0.15, 0.2) is 53.5 Å². The van der Waals surface area contributed by atoms with Crippen LogP contribution < -0.4 is 15.5 Å². The molecule has 0 aliphatic carbocycles. The van der Waals surface area contributed by atoms with E-state index in [2.05, 4.69) is 17.2 Å². The second-order valence-corrected chi connectivity index (χ2v) is 7.16. The number of nitrogens with one attached hydrogen (secondary N) is 2. The molecule has 3 aromatic rings. The summed E-state index contributed by atoms with van der Waals surface area (Å²) in [5.41, 5.74) is 2.25. The number of halogens is 1. The summed E-state index contributed by atoms with van der Waals surface area (Å²) in [6.07, 6.45) is 1.40. The molecule has 1 heterocycles. The third kappa shape index (κ3) is 4.60. The van der Waals surface area contributed by atoms with Crippen molar-refractivity contribution in [3.05, 3.63) is 75.6 Å². The van der Waals surface area contributed by atoms with E-state index < -0.39 is 5.91 Å². The lowest BCUT2D eigenvalue weighted by Gasteiger charge is -2.15. The van der Waals surface area contributed by atoms with Gasteiger partial charge in [0.15, 0.2) is 0 Å². The summed E-state index contributed by atoms with van der Waals surface area (Å²) in [4.78, 5) is 28.6. The molecule has 2 aromatic carbocycles. The fraction of sp³-hybridized carbons (Fsp3) is 0.273. The first-order valence-corrected chi connectivity index (χ1v) is 9.80. The highest BCUT2D eigenvalue weighted by Gasteiger charge is 2.19. The number of rotatable bonds is 7. The third-order valence-corrected chi connectivity index (χ3v) is 5.12. The molecule has 0 radical (unpaired) electrons. The molecule has 1 atom stereocenters. The number of nitrogens with zero attached hydrogens (tertiary/aromatic N) is 1. The fourth-order valence-electron chi connectivity index (χ4n) is 3.05. The van der Waals surface area contributed by atoms with E-state index in [1.807, 2.05) is 38.2 Å². The molecular weight excluding hydrogens is 390 g/mol. The Labute approximate surface area is 174 Å². The van der Waals surface area contributed by atoms with Crippen molar-refractivity contribution < 1.29 is 9.53 Å². The van der Waals surface area contributed by atoms with Crippen LogP contribution in [-0.4, -0.2) is 29.0 Å². The zero-order chi connectivity index (χ0) is 21.0. The minimum absolute atomic E-state index is 0.0124. The van der Waals surface area contributed by atoms with Crippen LogP contribution in [0.4, 0.5) is 0 Å². The molecule has 0 aliphatic rings. The summed E-state index contributed by atoms with van der Waals surface area (Å²) >= 11 is 6.23. The van der Waals surface area contributed by atoms with Gasteiger partial charge < -0.3 is 15.0 Å². The number of aromatic nitrogens is 1. The van der Waals surface area contributed by atoms with E-state index in [4.69, 9.17) is 16.5 Å². The van der Waals surface area contributed by atoms with Gasteiger partial charge in [0, 0.05) is 34.9 Å². The van der Waals surface area contributed by atoms with Crippen LogP contribution in [0.25, 0.3) is 10.9 Å². The van der Waals surface area contributed by atoms with Crippen molar-refractivity contribution in [1.82, 2.24) is 14.7 Å². The van der Waals surface area contributed by atoms with Crippen LogP contribution in [-0.2, 0) is 6.54 Å². The Morgan fingerprint density at radius 1 is 1.24 bits per heavy atom. The van der Waals surface area contributed by atoms with Gasteiger partial charge in [0.2, 0.25) is 5.43 Å². The Balaban J connectivity index is 1.82. The Morgan fingerprint density at radius 3 is 2.62 bits per heavy atom. The van der Waals surface area contributed by atoms with Gasteiger partial charge in [-0.25, -0.2) is 4.42 Å². The van der Waals surface area contributed by atoms with Crippen LogP contribution in [0.2, 0.25) is 0 Å². The Morgan fingerprint density at radius 2 is 1.97 bits per heavy atom. The smallest absolute Gasteiger partial charge is 0.274 e. The summed E-state index contributed by atoms with van der Waals surface area (Å²) in [5.74, 6) is 0.0259. The lowest BCUT2D eigenvalue weighted by molar-refractivity contribution is 0.0856. The van der Waals surface area contributed by atoms with Crippen LogP contribution in [0.5, 0.6) is 5.75 Å². The maximum Gasteiger partial charge on any atom is 0.274 e. The van der Waals surface area contributed by atoms with Crippen molar-refractivity contribution in [2.75, 3.05) is 13.7 Å². The van der Waals surface area contributed by atoms with Gasteiger partial charge in [-0.05, 0) is 50.2 Å². The van der Waals surface area contributed by atoms with E-state index >= 15 is 0 Å². The first-order valence-electron chi connectivity index (χ1n) is 9.46. The standard InChI is InChI=1S/C22H24ClN3O3/c1-4-29-17-9-10-20-18(11-17)21(27)19(12-25-20)22(28)26(23)13-15-5-7-16(8-6-15)14(2)24-3/h5-12,14,24H,4,13H2,1-3H3,(H,25,27). The molecule has 29 heavy (non-hydrogen) atoms. The normalized spacial score (nSPS) is 12.0. The second-order valence-electron chi connectivity index (χ2n) is 6.75. The Kier molecular flexibility index (Phi) is 6.56. The lowest BCUT2D eigenvalue weighted by Crippen LogP contribution is -2.27. The summed E-state index contributed by atoms with van der Waals surface area (Å²) in [7, 11) is 1.90. The van der Waals surface area contributed by atoms with Crippen LogP contribution in [0.3, 0.4) is 0 Å². The van der Waals surface area contributed by atoms with Crippen LogP contribution >= 0.6 is 11.8 Å². The van der Waals surface area contributed by atoms with E-state index in [-0.39, 0.29) is 23.6 Å². The highest BCUT2D eigenvalue weighted by atomic mass is 35.5. The topological polar surface area (TPSA) is 74.4 Å². The molecule has 0 spiro atoms. The summed E-state index contributed by atoms with van der Waals surface area (Å²) < 4.78 is 6.48. The Hall–Kier alpha value is -2.83. The molecule has 0 saturated carbocycles. The summed E-state index contributed by atoms with van der Waals surface area (Å²) in [6, 6.07) is 13.2. The second kappa shape index (κ2) is 9.11. The van der Waals surface area contributed by atoms with Crippen LogP contribution in [0, 0.1) is 0 Å². The lowest BCUT2D eigenvalue weighted by atomic mass is 10.1. The predicted molar refractivity (Wildman–Crippen MR) is 115 cm³/mol. The molecule has 0 fully saturated rings. The first-order chi connectivity index (χ1) is 13.9. The molecule has 2 N–H and O–H groups in total.